The molecule has 0 saturated heterocycles. The second-order valence-electron chi connectivity index (χ2n) is 4.09. The molecule has 2 aromatic rings. The van der Waals surface area contributed by atoms with Gasteiger partial charge in [-0.2, -0.15) is 9.97 Å². The van der Waals surface area contributed by atoms with Crippen molar-refractivity contribution in [2.75, 3.05) is 38.4 Å². The lowest BCUT2D eigenvalue weighted by Crippen LogP contribution is -2.14. The molecule has 0 amide bonds. The van der Waals surface area contributed by atoms with Gasteiger partial charge in [0.15, 0.2) is 0 Å². The van der Waals surface area contributed by atoms with E-state index >= 15 is 0 Å². The summed E-state index contributed by atoms with van der Waals surface area (Å²) in [6.07, 6.45) is 0. The van der Waals surface area contributed by atoms with Crippen molar-refractivity contribution in [3.8, 4) is 17.5 Å². The number of hydrogen-bond donors (Lipinski definition) is 2. The van der Waals surface area contributed by atoms with E-state index in [1.54, 1.807) is 12.1 Å². The summed E-state index contributed by atoms with van der Waals surface area (Å²) in [4.78, 5) is 8.31. The van der Waals surface area contributed by atoms with Crippen molar-refractivity contribution in [3.63, 3.8) is 0 Å². The molecular weight excluding hydrogens is 272 g/mol. The maximum atomic E-state index is 5.79. The molecular formula is C14H18N4O3. The predicted molar refractivity (Wildman–Crippen MR) is 80.0 cm³/mol. The molecule has 21 heavy (non-hydrogen) atoms. The summed E-state index contributed by atoms with van der Waals surface area (Å²) in [5, 5.41) is 3.04. The second kappa shape index (κ2) is 7.18. The number of ether oxygens (including phenoxy) is 3. The minimum Gasteiger partial charge on any atom is -0.490 e. The zero-order chi connectivity index (χ0) is 15.1. The van der Waals surface area contributed by atoms with E-state index in [9.17, 15) is 0 Å². The number of aromatic nitrogens is 2. The van der Waals surface area contributed by atoms with Crippen molar-refractivity contribution in [1.82, 2.24) is 9.97 Å². The molecule has 0 aliphatic carbocycles. The summed E-state index contributed by atoms with van der Waals surface area (Å²) >= 11 is 0. The molecule has 7 nitrogen and oxygen atoms in total. The van der Waals surface area contributed by atoms with Crippen molar-refractivity contribution in [2.45, 2.75) is 0 Å². The van der Waals surface area contributed by atoms with Gasteiger partial charge in [0.1, 0.15) is 12.4 Å². The highest BCUT2D eigenvalue weighted by atomic mass is 16.5. The Morgan fingerprint density at radius 2 is 1.76 bits per heavy atom. The average molecular weight is 290 g/mol. The third-order valence-electron chi connectivity index (χ3n) is 2.66. The van der Waals surface area contributed by atoms with Crippen molar-refractivity contribution < 1.29 is 14.2 Å². The largest absolute Gasteiger partial charge is 0.490 e. The molecule has 112 valence electrons. The molecule has 1 aromatic heterocycles. The van der Waals surface area contributed by atoms with E-state index in [1.807, 2.05) is 18.2 Å². The van der Waals surface area contributed by atoms with Gasteiger partial charge in [-0.1, -0.05) is 12.1 Å². The van der Waals surface area contributed by atoms with Gasteiger partial charge in [-0.05, 0) is 12.1 Å². The molecule has 0 aliphatic heterocycles. The average Bonchev–Trinajstić information content (AvgIpc) is 2.52. The Morgan fingerprint density at radius 1 is 1.10 bits per heavy atom. The lowest BCUT2D eigenvalue weighted by atomic mass is 10.3. The first-order valence-electron chi connectivity index (χ1n) is 6.41. The van der Waals surface area contributed by atoms with E-state index in [1.165, 1.54) is 14.2 Å². The zero-order valence-electron chi connectivity index (χ0n) is 12.0. The summed E-state index contributed by atoms with van der Waals surface area (Å²) in [5.74, 6) is 1.93. The van der Waals surface area contributed by atoms with Crippen LogP contribution in [0.5, 0.6) is 17.5 Å². The lowest BCUT2D eigenvalue weighted by Gasteiger charge is -2.10. The molecule has 1 aromatic carbocycles. The van der Waals surface area contributed by atoms with Crippen LogP contribution in [0.4, 0.5) is 11.6 Å². The standard InChI is InChI=1S/C14H18N4O3/c1-19-12-9-13(20-2)18-14(17-12)16-7-8-21-11-6-4-3-5-10(11)15/h3-6,9H,7-8,15H2,1-2H3,(H,16,17,18). The van der Waals surface area contributed by atoms with Crippen molar-refractivity contribution in [1.29, 1.82) is 0 Å². The van der Waals surface area contributed by atoms with Gasteiger partial charge in [0.2, 0.25) is 17.7 Å². The van der Waals surface area contributed by atoms with Crippen molar-refractivity contribution >= 4 is 11.6 Å². The molecule has 0 saturated carbocycles. The number of nitrogen functional groups attached to an aromatic ring is 1. The maximum absolute atomic E-state index is 5.79. The van der Waals surface area contributed by atoms with Crippen molar-refractivity contribution in [2.24, 2.45) is 0 Å². The highest BCUT2D eigenvalue weighted by Crippen LogP contribution is 2.20. The van der Waals surface area contributed by atoms with E-state index in [-0.39, 0.29) is 0 Å². The maximum Gasteiger partial charge on any atom is 0.229 e. The Kier molecular flexibility index (Phi) is 5.03. The highest BCUT2D eigenvalue weighted by molar-refractivity contribution is 5.51. The number of methoxy groups -OCH3 is 2. The molecule has 0 aliphatic rings. The first kappa shape index (κ1) is 14.7. The number of nitrogens with one attached hydrogen (secondary N) is 1. The number of hydrogen-bond acceptors (Lipinski definition) is 7. The summed E-state index contributed by atoms with van der Waals surface area (Å²) < 4.78 is 15.7. The number of para-hydroxylation sites is 2. The number of nitrogens with zero attached hydrogens (tertiary/aromatic N) is 2. The number of anilines is 2. The first-order chi connectivity index (χ1) is 10.2. The SMILES string of the molecule is COc1cc(OC)nc(NCCOc2ccccc2N)n1. The van der Waals surface area contributed by atoms with Gasteiger partial charge in [-0.25, -0.2) is 0 Å². The van der Waals surface area contributed by atoms with Gasteiger partial charge in [-0.15, -0.1) is 0 Å². The molecule has 0 radical (unpaired) electrons. The Bertz CT molecular complexity index is 570. The molecule has 2 rings (SSSR count). The second-order valence-corrected chi connectivity index (χ2v) is 4.09. The molecule has 7 heteroatoms. The fourth-order valence-corrected chi connectivity index (χ4v) is 1.63. The molecule has 0 atom stereocenters. The first-order valence-corrected chi connectivity index (χ1v) is 6.41. The van der Waals surface area contributed by atoms with Gasteiger partial charge in [-0.3, -0.25) is 0 Å². The summed E-state index contributed by atoms with van der Waals surface area (Å²) in [6.45, 7) is 0.946. The zero-order valence-corrected chi connectivity index (χ0v) is 12.0. The van der Waals surface area contributed by atoms with Crippen LogP contribution in [-0.2, 0) is 0 Å². The fraction of sp³-hybridized carbons (Fsp3) is 0.286. The van der Waals surface area contributed by atoms with E-state index in [0.29, 0.717) is 42.3 Å². The molecule has 0 spiro atoms. The Balaban J connectivity index is 1.87. The minimum atomic E-state index is 0.413. The van der Waals surface area contributed by atoms with E-state index in [2.05, 4.69) is 15.3 Å². The monoisotopic (exact) mass is 290 g/mol. The third-order valence-corrected chi connectivity index (χ3v) is 2.66. The topological polar surface area (TPSA) is 91.5 Å². The summed E-state index contributed by atoms with van der Waals surface area (Å²) in [7, 11) is 3.07. The van der Waals surface area contributed by atoms with Crippen LogP contribution in [0, 0.1) is 0 Å². The smallest absolute Gasteiger partial charge is 0.229 e. The number of benzene rings is 1. The lowest BCUT2D eigenvalue weighted by molar-refractivity contribution is 0.333. The van der Waals surface area contributed by atoms with Crippen molar-refractivity contribution in [3.05, 3.63) is 30.3 Å². The van der Waals surface area contributed by atoms with E-state index in [0.717, 1.165) is 0 Å². The number of rotatable bonds is 7. The van der Waals surface area contributed by atoms with Crippen LogP contribution in [-0.4, -0.2) is 37.3 Å². The van der Waals surface area contributed by atoms with Crippen LogP contribution in [0.15, 0.2) is 30.3 Å². The van der Waals surface area contributed by atoms with Gasteiger partial charge < -0.3 is 25.3 Å². The molecule has 0 unspecified atom stereocenters. The Morgan fingerprint density at radius 3 is 2.38 bits per heavy atom. The summed E-state index contributed by atoms with van der Waals surface area (Å²) in [5.41, 5.74) is 6.39. The van der Waals surface area contributed by atoms with Crippen LogP contribution < -0.4 is 25.3 Å². The van der Waals surface area contributed by atoms with E-state index in [4.69, 9.17) is 19.9 Å². The molecule has 3 N–H and O–H groups in total. The quantitative estimate of drug-likeness (QED) is 0.590. The molecule has 0 fully saturated rings. The van der Waals surface area contributed by atoms with Crippen LogP contribution in [0.25, 0.3) is 0 Å². The minimum absolute atomic E-state index is 0.413. The predicted octanol–water partition coefficient (Wildman–Crippen LogP) is 1.57. The van der Waals surface area contributed by atoms with Crippen LogP contribution in [0.3, 0.4) is 0 Å². The van der Waals surface area contributed by atoms with Gasteiger partial charge in [0.05, 0.1) is 32.5 Å². The van der Waals surface area contributed by atoms with Crippen LogP contribution in [0.1, 0.15) is 0 Å². The normalized spacial score (nSPS) is 10.0. The van der Waals surface area contributed by atoms with Gasteiger partial charge in [0, 0.05) is 0 Å². The molecule has 1 heterocycles. The summed E-state index contributed by atoms with van der Waals surface area (Å²) in [6, 6.07) is 8.94. The third kappa shape index (κ3) is 4.13. The van der Waals surface area contributed by atoms with Crippen LogP contribution in [0.2, 0.25) is 0 Å². The Labute approximate surface area is 123 Å². The molecule has 0 bridgehead atoms. The van der Waals surface area contributed by atoms with Gasteiger partial charge in [0.25, 0.3) is 0 Å². The number of nitrogens with two attached hydrogens (primary N) is 1. The van der Waals surface area contributed by atoms with E-state index < -0.39 is 0 Å². The van der Waals surface area contributed by atoms with Gasteiger partial charge >= 0.3 is 0 Å². The Hall–Kier alpha value is -2.70. The highest BCUT2D eigenvalue weighted by Gasteiger charge is 2.05. The fourth-order valence-electron chi connectivity index (χ4n) is 1.63. The van der Waals surface area contributed by atoms with Crippen LogP contribution >= 0.6 is 0 Å².